The summed E-state index contributed by atoms with van der Waals surface area (Å²) in [6.07, 6.45) is 7.47. The van der Waals surface area contributed by atoms with Gasteiger partial charge in [-0.15, -0.1) is 0 Å². The Morgan fingerprint density at radius 1 is 1.28 bits per heavy atom. The third kappa shape index (κ3) is 3.51. The average molecular weight is 376 g/mol. The monoisotopic (exact) mass is 374 g/mol. The minimum Gasteiger partial charge on any atom is -0.493 e. The molecule has 0 saturated carbocycles. The predicted octanol–water partition coefficient (Wildman–Crippen LogP) is 5.79. The van der Waals surface area contributed by atoms with Crippen LogP contribution >= 0.6 is 31.9 Å². The van der Waals surface area contributed by atoms with Crippen LogP contribution in [0.4, 0.5) is 0 Å². The van der Waals surface area contributed by atoms with Crippen LogP contribution in [0.5, 0.6) is 5.75 Å². The Balaban J connectivity index is 2.03. The summed E-state index contributed by atoms with van der Waals surface area (Å²) < 4.78 is 6.95. The highest BCUT2D eigenvalue weighted by Crippen LogP contribution is 2.41. The fourth-order valence-corrected chi connectivity index (χ4v) is 3.62. The minimum absolute atomic E-state index is 0.415. The number of hydrogen-bond acceptors (Lipinski definition) is 1. The molecule has 1 aliphatic heterocycles. The fraction of sp³-hybridized carbons (Fsp3) is 0.600. The van der Waals surface area contributed by atoms with Crippen molar-refractivity contribution in [2.45, 2.75) is 50.3 Å². The van der Waals surface area contributed by atoms with E-state index in [4.69, 9.17) is 4.74 Å². The summed E-state index contributed by atoms with van der Waals surface area (Å²) in [6, 6.07) is 4.38. The zero-order valence-electron chi connectivity index (χ0n) is 10.8. The molecule has 0 saturated heterocycles. The standard InChI is InChI=1S/C15H20Br2O/c1-2-3-4-5-6-14(17)13-10-12(16)9-11-7-8-18-15(11)13/h9-10,14H,2-8H2,1H3. The van der Waals surface area contributed by atoms with E-state index in [1.165, 1.54) is 47.7 Å². The first-order valence-electron chi connectivity index (χ1n) is 6.81. The number of fused-ring (bicyclic) bond motifs is 1. The zero-order valence-corrected chi connectivity index (χ0v) is 14.0. The van der Waals surface area contributed by atoms with E-state index >= 15 is 0 Å². The topological polar surface area (TPSA) is 9.23 Å². The van der Waals surface area contributed by atoms with Crippen LogP contribution in [0.1, 0.15) is 55.0 Å². The van der Waals surface area contributed by atoms with E-state index in [1.807, 2.05) is 0 Å². The van der Waals surface area contributed by atoms with Crippen LogP contribution < -0.4 is 4.74 Å². The zero-order chi connectivity index (χ0) is 13.0. The van der Waals surface area contributed by atoms with Crippen LogP contribution in [0, 0.1) is 0 Å². The number of benzene rings is 1. The quantitative estimate of drug-likeness (QED) is 0.451. The van der Waals surface area contributed by atoms with Crippen molar-refractivity contribution in [3.8, 4) is 5.75 Å². The maximum Gasteiger partial charge on any atom is 0.127 e. The Morgan fingerprint density at radius 3 is 2.89 bits per heavy atom. The first kappa shape index (κ1) is 14.4. The molecule has 0 spiro atoms. The highest BCUT2D eigenvalue weighted by Gasteiger charge is 2.21. The van der Waals surface area contributed by atoms with Crippen LogP contribution in [0.3, 0.4) is 0 Å². The van der Waals surface area contributed by atoms with E-state index in [1.54, 1.807) is 0 Å². The Hall–Kier alpha value is -0.0200. The Kier molecular flexibility index (Phi) is 5.56. The second kappa shape index (κ2) is 6.95. The van der Waals surface area contributed by atoms with Gasteiger partial charge in [0.05, 0.1) is 6.61 Å². The highest BCUT2D eigenvalue weighted by atomic mass is 79.9. The van der Waals surface area contributed by atoms with Crippen molar-refractivity contribution < 1.29 is 4.74 Å². The van der Waals surface area contributed by atoms with E-state index in [0.717, 1.165) is 18.8 Å². The van der Waals surface area contributed by atoms with Crippen LogP contribution in [-0.4, -0.2) is 6.61 Å². The van der Waals surface area contributed by atoms with Gasteiger partial charge < -0.3 is 4.74 Å². The molecule has 0 aliphatic carbocycles. The molecule has 1 aromatic rings. The molecule has 1 unspecified atom stereocenters. The molecule has 0 fully saturated rings. The second-order valence-electron chi connectivity index (χ2n) is 4.90. The van der Waals surface area contributed by atoms with Crippen molar-refractivity contribution in [3.63, 3.8) is 0 Å². The first-order valence-corrected chi connectivity index (χ1v) is 8.52. The summed E-state index contributed by atoms with van der Waals surface area (Å²) in [6.45, 7) is 3.08. The largest absolute Gasteiger partial charge is 0.493 e. The summed E-state index contributed by atoms with van der Waals surface area (Å²) in [5.41, 5.74) is 2.66. The van der Waals surface area contributed by atoms with Gasteiger partial charge in [-0.05, 0) is 24.1 Å². The number of halogens is 2. The minimum atomic E-state index is 0.415. The Labute approximate surface area is 127 Å². The molecule has 3 heteroatoms. The van der Waals surface area contributed by atoms with Crippen molar-refractivity contribution in [3.05, 3.63) is 27.7 Å². The molecule has 18 heavy (non-hydrogen) atoms. The summed E-state index contributed by atoms with van der Waals surface area (Å²) in [5, 5.41) is 0. The van der Waals surface area contributed by atoms with Crippen molar-refractivity contribution in [1.29, 1.82) is 0 Å². The molecular formula is C15H20Br2O. The van der Waals surface area contributed by atoms with E-state index in [0.29, 0.717) is 4.83 Å². The van der Waals surface area contributed by atoms with Gasteiger partial charge in [0.25, 0.3) is 0 Å². The van der Waals surface area contributed by atoms with Crippen LogP contribution in [-0.2, 0) is 6.42 Å². The molecule has 2 rings (SSSR count). The molecular weight excluding hydrogens is 356 g/mol. The van der Waals surface area contributed by atoms with Crippen molar-refractivity contribution in [1.82, 2.24) is 0 Å². The van der Waals surface area contributed by atoms with Crippen molar-refractivity contribution >= 4 is 31.9 Å². The normalized spacial score (nSPS) is 15.3. The number of hydrogen-bond donors (Lipinski definition) is 0. The third-order valence-electron chi connectivity index (χ3n) is 3.43. The predicted molar refractivity (Wildman–Crippen MR) is 83.8 cm³/mol. The van der Waals surface area contributed by atoms with Crippen LogP contribution in [0.2, 0.25) is 0 Å². The van der Waals surface area contributed by atoms with Gasteiger partial charge in [0, 0.05) is 21.3 Å². The van der Waals surface area contributed by atoms with Gasteiger partial charge in [0.2, 0.25) is 0 Å². The molecule has 0 aromatic heterocycles. The number of alkyl halides is 1. The van der Waals surface area contributed by atoms with E-state index in [-0.39, 0.29) is 0 Å². The summed E-state index contributed by atoms with van der Waals surface area (Å²) in [7, 11) is 0. The molecule has 0 radical (unpaired) electrons. The van der Waals surface area contributed by atoms with Gasteiger partial charge in [-0.3, -0.25) is 0 Å². The molecule has 1 atom stereocenters. The molecule has 0 amide bonds. The number of unbranched alkanes of at least 4 members (excludes halogenated alkanes) is 3. The van der Waals surface area contributed by atoms with Crippen LogP contribution in [0.25, 0.3) is 0 Å². The van der Waals surface area contributed by atoms with E-state index < -0.39 is 0 Å². The van der Waals surface area contributed by atoms with Gasteiger partial charge in [0.15, 0.2) is 0 Å². The summed E-state index contributed by atoms with van der Waals surface area (Å²) in [4.78, 5) is 0.415. The average Bonchev–Trinajstić information content (AvgIpc) is 2.81. The van der Waals surface area contributed by atoms with E-state index in [2.05, 4.69) is 50.9 Å². The molecule has 1 nitrogen and oxygen atoms in total. The SMILES string of the molecule is CCCCCCC(Br)c1cc(Br)cc2c1OCC2. The lowest BCUT2D eigenvalue weighted by atomic mass is 10.0. The summed E-state index contributed by atoms with van der Waals surface area (Å²) in [5.74, 6) is 1.12. The van der Waals surface area contributed by atoms with Crippen molar-refractivity contribution in [2.75, 3.05) is 6.61 Å². The Bertz CT molecular complexity index is 404. The smallest absolute Gasteiger partial charge is 0.127 e. The van der Waals surface area contributed by atoms with Gasteiger partial charge in [-0.1, -0.05) is 64.5 Å². The molecule has 0 bridgehead atoms. The summed E-state index contributed by atoms with van der Waals surface area (Å²) >= 11 is 7.43. The van der Waals surface area contributed by atoms with Crippen molar-refractivity contribution in [2.24, 2.45) is 0 Å². The first-order chi connectivity index (χ1) is 8.72. The maximum atomic E-state index is 5.78. The lowest BCUT2D eigenvalue weighted by Crippen LogP contribution is -1.96. The number of ether oxygens (including phenoxy) is 1. The van der Waals surface area contributed by atoms with E-state index in [9.17, 15) is 0 Å². The molecule has 0 N–H and O–H groups in total. The fourth-order valence-electron chi connectivity index (χ4n) is 2.44. The number of rotatable bonds is 6. The van der Waals surface area contributed by atoms with Gasteiger partial charge in [0.1, 0.15) is 5.75 Å². The van der Waals surface area contributed by atoms with Gasteiger partial charge in [-0.2, -0.15) is 0 Å². The lowest BCUT2D eigenvalue weighted by Gasteiger charge is -2.14. The maximum absolute atomic E-state index is 5.78. The molecule has 1 heterocycles. The highest BCUT2D eigenvalue weighted by molar-refractivity contribution is 9.10. The van der Waals surface area contributed by atoms with Crippen LogP contribution in [0.15, 0.2) is 16.6 Å². The second-order valence-corrected chi connectivity index (χ2v) is 6.92. The van der Waals surface area contributed by atoms with Gasteiger partial charge >= 0.3 is 0 Å². The molecule has 1 aromatic carbocycles. The third-order valence-corrected chi connectivity index (χ3v) is 4.83. The lowest BCUT2D eigenvalue weighted by molar-refractivity contribution is 0.353. The molecule has 1 aliphatic rings. The van der Waals surface area contributed by atoms with Gasteiger partial charge in [-0.25, -0.2) is 0 Å². The Morgan fingerprint density at radius 2 is 2.11 bits per heavy atom. The molecule has 100 valence electrons.